The Labute approximate surface area is 198 Å². The molecule has 3 rings (SSSR count). The maximum absolute atomic E-state index is 13.0. The summed E-state index contributed by atoms with van der Waals surface area (Å²) in [7, 11) is 3.87. The number of aryl methyl sites for hydroxylation is 1. The second-order valence-electron chi connectivity index (χ2n) is 8.53. The molecule has 2 aromatic rings. The maximum atomic E-state index is 13.0. The fourth-order valence-corrected chi connectivity index (χ4v) is 4.41. The van der Waals surface area contributed by atoms with Gasteiger partial charge in [-0.1, -0.05) is 24.5 Å². The highest BCUT2D eigenvalue weighted by Gasteiger charge is 2.26. The minimum absolute atomic E-state index is 0.0320. The number of likely N-dealkylation sites (N-methyl/N-ethyl adjacent to an activating group) is 1. The molecule has 1 aliphatic rings. The van der Waals surface area contributed by atoms with Crippen LogP contribution in [0.5, 0.6) is 0 Å². The quantitative estimate of drug-likeness (QED) is 0.414. The van der Waals surface area contributed by atoms with Gasteiger partial charge in [0.25, 0.3) is 0 Å². The number of hydrogen-bond donors (Lipinski definition) is 4. The summed E-state index contributed by atoms with van der Waals surface area (Å²) in [6, 6.07) is 4.75. The van der Waals surface area contributed by atoms with Gasteiger partial charge in [0, 0.05) is 30.0 Å². The van der Waals surface area contributed by atoms with Crippen LogP contribution >= 0.6 is 11.3 Å². The Kier molecular flexibility index (Phi) is 8.79. The van der Waals surface area contributed by atoms with Crippen molar-refractivity contribution in [3.05, 3.63) is 40.4 Å². The predicted octanol–water partition coefficient (Wildman–Crippen LogP) is 3.83. The summed E-state index contributed by atoms with van der Waals surface area (Å²) < 4.78 is 0. The zero-order valence-electron chi connectivity index (χ0n) is 19.4. The van der Waals surface area contributed by atoms with Crippen LogP contribution in [0.3, 0.4) is 0 Å². The van der Waals surface area contributed by atoms with Crippen LogP contribution in [0.25, 0.3) is 0 Å². The van der Waals surface area contributed by atoms with Crippen molar-refractivity contribution in [1.82, 2.24) is 20.5 Å². The molecule has 0 atom stereocenters. The van der Waals surface area contributed by atoms with E-state index in [-0.39, 0.29) is 24.3 Å². The molecule has 1 aliphatic carbocycles. The van der Waals surface area contributed by atoms with Gasteiger partial charge in [-0.3, -0.25) is 10.1 Å². The fourth-order valence-electron chi connectivity index (χ4n) is 3.70. The van der Waals surface area contributed by atoms with Crippen LogP contribution in [-0.2, 0) is 6.54 Å². The fraction of sp³-hybridized carbons (Fsp3) is 0.478. The van der Waals surface area contributed by atoms with E-state index in [2.05, 4.69) is 26.3 Å². The third kappa shape index (κ3) is 7.54. The number of aromatic nitrogens is 1. The van der Waals surface area contributed by atoms with E-state index in [0.29, 0.717) is 28.6 Å². The number of carbonyl (C=O) groups is 3. The lowest BCUT2D eigenvalue weighted by molar-refractivity contribution is 0.0923. The van der Waals surface area contributed by atoms with E-state index in [1.807, 2.05) is 38.1 Å². The van der Waals surface area contributed by atoms with Gasteiger partial charge in [-0.2, -0.15) is 0 Å². The molecule has 0 bridgehead atoms. The lowest BCUT2D eigenvalue weighted by Gasteiger charge is -2.14. The normalized spacial score (nSPS) is 13.7. The van der Waals surface area contributed by atoms with E-state index >= 15 is 0 Å². The van der Waals surface area contributed by atoms with Gasteiger partial charge in [0.15, 0.2) is 10.9 Å². The minimum atomic E-state index is -0.463. The van der Waals surface area contributed by atoms with Crippen molar-refractivity contribution < 1.29 is 14.4 Å². The molecule has 0 aliphatic heterocycles. The number of amides is 4. The zero-order chi connectivity index (χ0) is 23.8. The molecule has 178 valence electrons. The smallest absolute Gasteiger partial charge is 0.325 e. The summed E-state index contributed by atoms with van der Waals surface area (Å²) in [6.07, 6.45) is 3.96. The van der Waals surface area contributed by atoms with Gasteiger partial charge >= 0.3 is 12.1 Å². The molecule has 1 heterocycles. The molecule has 1 aromatic heterocycles. The third-order valence-corrected chi connectivity index (χ3v) is 6.27. The molecule has 33 heavy (non-hydrogen) atoms. The van der Waals surface area contributed by atoms with E-state index in [0.717, 1.165) is 37.8 Å². The molecule has 1 fully saturated rings. The number of Topliss-reactive ketones (excluding diaryl/α,β-unsaturated/α-hetero) is 1. The first kappa shape index (κ1) is 24.7. The Hall–Kier alpha value is -2.98. The maximum Gasteiger partial charge on any atom is 0.325 e. The van der Waals surface area contributed by atoms with Crippen molar-refractivity contribution in [3.8, 4) is 0 Å². The first-order valence-electron chi connectivity index (χ1n) is 11.2. The molecular formula is C23H32N6O3S. The molecule has 4 N–H and O–H groups in total. The Morgan fingerprint density at radius 2 is 1.85 bits per heavy atom. The highest BCUT2D eigenvalue weighted by Crippen LogP contribution is 2.31. The molecular weight excluding hydrogens is 440 g/mol. The van der Waals surface area contributed by atoms with Crippen LogP contribution in [0.2, 0.25) is 0 Å². The van der Waals surface area contributed by atoms with Crippen LogP contribution in [0.1, 0.15) is 47.3 Å². The number of carbonyl (C=O) groups excluding carboxylic acids is 3. The van der Waals surface area contributed by atoms with Gasteiger partial charge in [0.2, 0.25) is 0 Å². The summed E-state index contributed by atoms with van der Waals surface area (Å²) in [6.45, 7) is 3.49. The standard InChI is InChI=1S/C23H32N6O3S/c1-15-8-9-19(18(12-15)20(30)16-6-4-5-7-16)27-22(32)28-23-26-17(14-33-23)13-25-21(31)24-10-11-29(2)3/h8-9,12,14,16H,4-7,10-11,13H2,1-3H3,(H2,24,25,31)(H2,26,27,28,32). The SMILES string of the molecule is Cc1ccc(NC(=O)Nc2nc(CNC(=O)NCCN(C)C)cs2)c(C(=O)C2CCCC2)c1. The molecule has 1 aromatic carbocycles. The van der Waals surface area contributed by atoms with Gasteiger partial charge in [0.1, 0.15) is 0 Å². The Morgan fingerprint density at radius 3 is 2.58 bits per heavy atom. The molecule has 0 unspecified atom stereocenters. The molecule has 10 heteroatoms. The average Bonchev–Trinajstić information content (AvgIpc) is 3.45. The first-order chi connectivity index (χ1) is 15.8. The summed E-state index contributed by atoms with van der Waals surface area (Å²) in [5.74, 6) is 0.127. The predicted molar refractivity (Wildman–Crippen MR) is 131 cm³/mol. The lowest BCUT2D eigenvalue weighted by Crippen LogP contribution is -2.38. The van der Waals surface area contributed by atoms with Crippen molar-refractivity contribution in [2.75, 3.05) is 37.8 Å². The third-order valence-electron chi connectivity index (χ3n) is 5.46. The van der Waals surface area contributed by atoms with Crippen molar-refractivity contribution in [1.29, 1.82) is 0 Å². The van der Waals surface area contributed by atoms with Crippen molar-refractivity contribution >= 4 is 40.0 Å². The molecule has 0 saturated heterocycles. The Morgan fingerprint density at radius 1 is 1.09 bits per heavy atom. The first-order valence-corrected chi connectivity index (χ1v) is 12.0. The van der Waals surface area contributed by atoms with Gasteiger partial charge in [-0.05, 0) is 46.0 Å². The number of nitrogens with zero attached hydrogens (tertiary/aromatic N) is 2. The van der Waals surface area contributed by atoms with E-state index in [1.165, 1.54) is 11.3 Å². The summed E-state index contributed by atoms with van der Waals surface area (Å²) in [5, 5.41) is 13.2. The molecule has 4 amide bonds. The van der Waals surface area contributed by atoms with Crippen molar-refractivity contribution in [3.63, 3.8) is 0 Å². The largest absolute Gasteiger partial charge is 0.337 e. The highest BCUT2D eigenvalue weighted by atomic mass is 32.1. The number of urea groups is 2. The highest BCUT2D eigenvalue weighted by molar-refractivity contribution is 7.13. The van der Waals surface area contributed by atoms with Crippen molar-refractivity contribution in [2.24, 2.45) is 5.92 Å². The van der Waals surface area contributed by atoms with Crippen LogP contribution in [0.15, 0.2) is 23.6 Å². The summed E-state index contributed by atoms with van der Waals surface area (Å²) in [4.78, 5) is 43.7. The van der Waals surface area contributed by atoms with Gasteiger partial charge < -0.3 is 20.9 Å². The number of anilines is 2. The van der Waals surface area contributed by atoms with Gasteiger partial charge in [-0.15, -0.1) is 11.3 Å². The van der Waals surface area contributed by atoms with E-state index in [9.17, 15) is 14.4 Å². The van der Waals surface area contributed by atoms with Gasteiger partial charge in [-0.25, -0.2) is 14.6 Å². The lowest BCUT2D eigenvalue weighted by atomic mass is 9.94. The molecule has 9 nitrogen and oxygen atoms in total. The van der Waals surface area contributed by atoms with Gasteiger partial charge in [0.05, 0.1) is 17.9 Å². The Bertz CT molecular complexity index is 984. The van der Waals surface area contributed by atoms with E-state index in [4.69, 9.17) is 0 Å². The molecule has 0 radical (unpaired) electrons. The summed E-state index contributed by atoms with van der Waals surface area (Å²) in [5.41, 5.74) is 2.68. The number of ketones is 1. The van der Waals surface area contributed by atoms with Crippen molar-refractivity contribution in [2.45, 2.75) is 39.2 Å². The zero-order valence-corrected chi connectivity index (χ0v) is 20.2. The molecule has 1 saturated carbocycles. The topological polar surface area (TPSA) is 115 Å². The number of hydrogen-bond acceptors (Lipinski definition) is 6. The monoisotopic (exact) mass is 472 g/mol. The Balaban J connectivity index is 1.53. The number of benzene rings is 1. The van der Waals surface area contributed by atoms with E-state index < -0.39 is 6.03 Å². The number of rotatable bonds is 9. The molecule has 0 spiro atoms. The average molecular weight is 473 g/mol. The van der Waals surface area contributed by atoms with Crippen LogP contribution in [0, 0.1) is 12.8 Å². The minimum Gasteiger partial charge on any atom is -0.337 e. The van der Waals surface area contributed by atoms with E-state index in [1.54, 1.807) is 11.4 Å². The second kappa shape index (κ2) is 11.8. The van der Waals surface area contributed by atoms with Crippen LogP contribution < -0.4 is 21.3 Å². The summed E-state index contributed by atoms with van der Waals surface area (Å²) >= 11 is 1.27. The number of thiazole rings is 1. The second-order valence-corrected chi connectivity index (χ2v) is 9.39. The number of nitrogens with one attached hydrogen (secondary N) is 4. The van der Waals surface area contributed by atoms with Crippen LogP contribution in [0.4, 0.5) is 20.4 Å². The van der Waals surface area contributed by atoms with Crippen LogP contribution in [-0.4, -0.2) is 54.9 Å².